The minimum atomic E-state index is -0.692. The van der Waals surface area contributed by atoms with Crippen molar-refractivity contribution in [3.05, 3.63) is 131 Å². The molecule has 0 saturated heterocycles. The van der Waals surface area contributed by atoms with Crippen LogP contribution in [-0.2, 0) is 9.47 Å². The van der Waals surface area contributed by atoms with Crippen LogP contribution in [0.15, 0.2) is 109 Å². The van der Waals surface area contributed by atoms with Crippen molar-refractivity contribution in [1.29, 1.82) is 0 Å². The highest BCUT2D eigenvalue weighted by atomic mass is 16.6. The molecule has 0 fully saturated rings. The molecule has 0 saturated carbocycles. The van der Waals surface area contributed by atoms with Gasteiger partial charge in [0, 0.05) is 21.9 Å². The van der Waals surface area contributed by atoms with Crippen LogP contribution < -0.4 is 0 Å². The highest BCUT2D eigenvalue weighted by Gasteiger charge is 2.26. The van der Waals surface area contributed by atoms with Crippen molar-refractivity contribution in [2.24, 2.45) is 0 Å². The molecule has 0 spiro atoms. The molecule has 9 rings (SSSR count). The number of ether oxygens (including phenoxy) is 2. The summed E-state index contributed by atoms with van der Waals surface area (Å²) in [6, 6.07) is 34.2. The molecule has 0 aliphatic heterocycles. The molecule has 10 nitrogen and oxygen atoms in total. The molecule has 0 amide bonds. The van der Waals surface area contributed by atoms with Gasteiger partial charge in [-0.2, -0.15) is 0 Å². The van der Waals surface area contributed by atoms with Gasteiger partial charge in [0.1, 0.15) is 33.3 Å². The molecule has 0 unspecified atom stereocenters. The summed E-state index contributed by atoms with van der Waals surface area (Å²) in [4.78, 5) is 46.7. The smallest absolute Gasteiger partial charge is 0.420 e. The lowest BCUT2D eigenvalue weighted by atomic mass is 10.1. The van der Waals surface area contributed by atoms with E-state index in [9.17, 15) is 9.59 Å². The van der Waals surface area contributed by atoms with Crippen molar-refractivity contribution in [3.8, 4) is 23.7 Å². The Morgan fingerprint density at radius 2 is 0.862 bits per heavy atom. The number of benzene rings is 5. The van der Waals surface area contributed by atoms with Gasteiger partial charge in [0.25, 0.3) is 0 Å². The van der Waals surface area contributed by atoms with Crippen LogP contribution in [-0.4, -0.2) is 52.5 Å². The number of hydrogen-bond donors (Lipinski definition) is 0. The third-order valence-electron chi connectivity index (χ3n) is 9.30. The number of rotatable bonds is 0. The average Bonchev–Trinajstić information content (AvgIpc) is 3.68. The van der Waals surface area contributed by atoms with Gasteiger partial charge in [0.2, 0.25) is 0 Å². The van der Waals surface area contributed by atoms with E-state index in [0.29, 0.717) is 66.6 Å². The molecular formula is C48H36N6O4. The van der Waals surface area contributed by atoms with E-state index < -0.39 is 23.4 Å². The van der Waals surface area contributed by atoms with Crippen molar-refractivity contribution < 1.29 is 19.1 Å². The monoisotopic (exact) mass is 760 g/mol. The molecular weight excluding hydrogens is 725 g/mol. The topological polar surface area (TPSA) is 114 Å². The molecule has 0 aliphatic carbocycles. The van der Waals surface area contributed by atoms with Gasteiger partial charge in [-0.15, -0.1) is 0 Å². The Morgan fingerprint density at radius 3 is 1.26 bits per heavy atom. The van der Waals surface area contributed by atoms with Crippen LogP contribution in [0, 0.1) is 23.7 Å². The zero-order valence-electron chi connectivity index (χ0n) is 32.7. The van der Waals surface area contributed by atoms with Gasteiger partial charge in [-0.25, -0.2) is 38.7 Å². The minimum absolute atomic E-state index is 0.409. The van der Waals surface area contributed by atoms with Crippen LogP contribution in [0.1, 0.15) is 63.8 Å². The maximum absolute atomic E-state index is 13.5. The SMILES string of the molecule is CC(C)(C)OC(=O)n1c2ccccc2c2nc3cccc(C#Cc4ccc(C#Cc5cccc6nc7c8ccccc8n(C(=O)OC(C)(C)C)c7nc56)cc4)c3nc21. The van der Waals surface area contributed by atoms with Crippen LogP contribution in [0.5, 0.6) is 0 Å². The number of carbonyl (C=O) groups excluding carboxylic acids is 2. The first kappa shape index (κ1) is 36.1. The molecule has 4 aromatic heterocycles. The van der Waals surface area contributed by atoms with E-state index in [0.717, 1.165) is 21.9 Å². The molecule has 0 aliphatic rings. The summed E-state index contributed by atoms with van der Waals surface area (Å²) in [5, 5.41) is 1.62. The predicted molar refractivity (Wildman–Crippen MR) is 227 cm³/mol. The zero-order valence-corrected chi connectivity index (χ0v) is 32.7. The molecule has 282 valence electrons. The first-order valence-electron chi connectivity index (χ1n) is 18.8. The van der Waals surface area contributed by atoms with Crippen LogP contribution >= 0.6 is 0 Å². The maximum Gasteiger partial charge on any atom is 0.420 e. The molecule has 0 N–H and O–H groups in total. The normalized spacial score (nSPS) is 11.8. The third-order valence-corrected chi connectivity index (χ3v) is 9.30. The fourth-order valence-corrected chi connectivity index (χ4v) is 6.88. The Labute approximate surface area is 333 Å². The van der Waals surface area contributed by atoms with E-state index in [1.54, 1.807) is 0 Å². The van der Waals surface area contributed by atoms with Gasteiger partial charge in [0.05, 0.1) is 33.2 Å². The molecule has 4 heterocycles. The second-order valence-electron chi connectivity index (χ2n) is 15.9. The molecule has 58 heavy (non-hydrogen) atoms. The Morgan fingerprint density at radius 1 is 0.466 bits per heavy atom. The molecule has 0 bridgehead atoms. The lowest BCUT2D eigenvalue weighted by Crippen LogP contribution is -2.27. The maximum atomic E-state index is 13.5. The van der Waals surface area contributed by atoms with Crippen LogP contribution in [0.4, 0.5) is 9.59 Å². The van der Waals surface area contributed by atoms with E-state index in [1.165, 1.54) is 9.13 Å². The summed E-state index contributed by atoms with van der Waals surface area (Å²) in [6.45, 7) is 11.0. The fourth-order valence-electron chi connectivity index (χ4n) is 6.88. The minimum Gasteiger partial charge on any atom is -0.443 e. The summed E-state index contributed by atoms with van der Waals surface area (Å²) < 4.78 is 14.5. The van der Waals surface area contributed by atoms with Gasteiger partial charge in [-0.1, -0.05) is 72.2 Å². The summed E-state index contributed by atoms with van der Waals surface area (Å²) in [7, 11) is 0. The average molecular weight is 761 g/mol. The van der Waals surface area contributed by atoms with E-state index in [2.05, 4.69) is 23.7 Å². The summed E-state index contributed by atoms with van der Waals surface area (Å²) >= 11 is 0. The largest absolute Gasteiger partial charge is 0.443 e. The van der Waals surface area contributed by atoms with Gasteiger partial charge < -0.3 is 9.47 Å². The fraction of sp³-hybridized carbons (Fsp3) is 0.167. The standard InChI is InChI=1S/C48H36N6O4/c1-47(2,3)57-45(55)53-37-19-9-7-15-33(37)41-43(53)51-39-31(13-11-17-35(39)49-41)27-25-29-21-23-30(24-22-29)26-28-32-14-12-18-36-40(32)52-44-42(50-36)34-16-8-10-20-38(34)54(44)46(56)58-48(4,5)6/h7-24H,1-6H3. The summed E-state index contributed by atoms with van der Waals surface area (Å²) in [5.41, 5.74) is 7.43. The number of para-hydroxylation sites is 4. The zero-order chi connectivity index (χ0) is 40.3. The van der Waals surface area contributed by atoms with Crippen LogP contribution in [0.2, 0.25) is 0 Å². The van der Waals surface area contributed by atoms with Crippen molar-refractivity contribution in [2.45, 2.75) is 52.7 Å². The first-order chi connectivity index (χ1) is 27.8. The number of aromatic nitrogens is 6. The van der Waals surface area contributed by atoms with E-state index in [4.69, 9.17) is 29.4 Å². The number of hydrogen-bond acceptors (Lipinski definition) is 8. The van der Waals surface area contributed by atoms with Gasteiger partial charge in [-0.3, -0.25) is 0 Å². The van der Waals surface area contributed by atoms with Gasteiger partial charge in [0.15, 0.2) is 11.3 Å². The van der Waals surface area contributed by atoms with E-state index >= 15 is 0 Å². The Hall–Kier alpha value is -7.56. The van der Waals surface area contributed by atoms with Crippen molar-refractivity contribution in [2.75, 3.05) is 0 Å². The molecule has 0 radical (unpaired) electrons. The molecule has 10 heteroatoms. The second-order valence-corrected chi connectivity index (χ2v) is 15.9. The number of carbonyl (C=O) groups is 2. The molecule has 9 aromatic rings. The number of nitrogens with zero attached hydrogens (tertiary/aromatic N) is 6. The second kappa shape index (κ2) is 13.6. The van der Waals surface area contributed by atoms with Crippen molar-refractivity contribution in [1.82, 2.24) is 29.1 Å². The highest BCUT2D eigenvalue weighted by molar-refractivity contribution is 6.12. The Bertz CT molecular complexity index is 3080. The Kier molecular flexibility index (Phi) is 8.45. The van der Waals surface area contributed by atoms with Gasteiger partial charge >= 0.3 is 12.2 Å². The highest BCUT2D eigenvalue weighted by Crippen LogP contribution is 2.32. The first-order valence-corrected chi connectivity index (χ1v) is 18.8. The van der Waals surface area contributed by atoms with E-state index in [1.807, 2.05) is 151 Å². The van der Waals surface area contributed by atoms with Crippen molar-refractivity contribution >= 4 is 78.4 Å². The number of fused-ring (bicyclic) bond motifs is 8. The molecule has 0 atom stereocenters. The van der Waals surface area contributed by atoms with Gasteiger partial charge in [-0.05, 0) is 102 Å². The third kappa shape index (κ3) is 6.61. The predicted octanol–water partition coefficient (Wildman–Crippen LogP) is 10.2. The van der Waals surface area contributed by atoms with Crippen LogP contribution in [0.3, 0.4) is 0 Å². The quantitative estimate of drug-likeness (QED) is 0.140. The lowest BCUT2D eigenvalue weighted by Gasteiger charge is -2.20. The lowest BCUT2D eigenvalue weighted by molar-refractivity contribution is 0.0539. The summed E-state index contributed by atoms with van der Waals surface area (Å²) in [6.07, 6.45) is -1.04. The molecule has 5 aromatic carbocycles. The van der Waals surface area contributed by atoms with Crippen LogP contribution in [0.25, 0.3) is 66.2 Å². The Balaban J connectivity index is 1.05. The van der Waals surface area contributed by atoms with E-state index in [-0.39, 0.29) is 0 Å². The summed E-state index contributed by atoms with van der Waals surface area (Å²) in [5.74, 6) is 13.1. The van der Waals surface area contributed by atoms with Crippen molar-refractivity contribution in [3.63, 3.8) is 0 Å².